The van der Waals surface area contributed by atoms with Gasteiger partial charge in [-0.2, -0.15) is 0 Å². The molecule has 1 unspecified atom stereocenters. The number of aromatic carboxylic acids is 1. The fourth-order valence-electron chi connectivity index (χ4n) is 3.05. The molecule has 140 valence electrons. The molecule has 0 amide bonds. The van der Waals surface area contributed by atoms with Gasteiger partial charge in [0.25, 0.3) is 0 Å². The van der Waals surface area contributed by atoms with Crippen molar-refractivity contribution in [1.29, 1.82) is 0 Å². The number of nitrogens with one attached hydrogen (secondary N) is 1. The summed E-state index contributed by atoms with van der Waals surface area (Å²) in [6, 6.07) is 18.2. The van der Waals surface area contributed by atoms with Crippen molar-refractivity contribution in [2.45, 2.75) is 39.2 Å². The van der Waals surface area contributed by atoms with Crippen LogP contribution in [0, 0.1) is 0 Å². The summed E-state index contributed by atoms with van der Waals surface area (Å²) >= 11 is 0. The van der Waals surface area contributed by atoms with Gasteiger partial charge in [0.15, 0.2) is 0 Å². The van der Waals surface area contributed by atoms with Crippen LogP contribution in [0.25, 0.3) is 11.1 Å². The Morgan fingerprint density at radius 2 is 1.63 bits per heavy atom. The number of carboxylic acid groups (broad SMARTS) is 1. The van der Waals surface area contributed by atoms with Crippen LogP contribution in [0.15, 0.2) is 65.3 Å². The van der Waals surface area contributed by atoms with Crippen LogP contribution in [0.4, 0.5) is 5.69 Å². The van der Waals surface area contributed by atoms with Gasteiger partial charge in [0, 0.05) is 17.3 Å². The normalized spacial score (nSPS) is 12.6. The molecule has 0 aliphatic carbocycles. The Morgan fingerprint density at radius 3 is 2.19 bits per heavy atom. The lowest BCUT2D eigenvalue weighted by Crippen LogP contribution is -2.11. The topological polar surface area (TPSA) is 62.5 Å². The van der Waals surface area contributed by atoms with Gasteiger partial charge in [-0.15, -0.1) is 0 Å². The van der Waals surface area contributed by atoms with E-state index in [1.165, 1.54) is 11.8 Å². The Morgan fingerprint density at radius 1 is 1.00 bits per heavy atom. The Labute approximate surface area is 159 Å². The minimum absolute atomic E-state index is 0.0344. The summed E-state index contributed by atoms with van der Waals surface area (Å²) in [6.07, 6.45) is 1.40. The van der Waals surface area contributed by atoms with Gasteiger partial charge in [0.05, 0.1) is 6.26 Å². The van der Waals surface area contributed by atoms with Gasteiger partial charge in [0.1, 0.15) is 0 Å². The van der Waals surface area contributed by atoms with E-state index in [-0.39, 0.29) is 17.2 Å². The van der Waals surface area contributed by atoms with Crippen molar-refractivity contribution in [1.82, 2.24) is 0 Å². The summed E-state index contributed by atoms with van der Waals surface area (Å²) in [5.41, 5.74) is 5.06. The molecule has 4 heteroatoms. The van der Waals surface area contributed by atoms with Gasteiger partial charge in [-0.25, -0.2) is 4.79 Å². The number of hydrogen-bond donors (Lipinski definition) is 2. The number of carboxylic acids is 1. The summed E-state index contributed by atoms with van der Waals surface area (Å²) in [6.45, 7) is 8.72. The second-order valence-electron chi connectivity index (χ2n) is 7.78. The van der Waals surface area contributed by atoms with Crippen LogP contribution in [0.5, 0.6) is 0 Å². The molecule has 3 rings (SSSR count). The van der Waals surface area contributed by atoms with Gasteiger partial charge in [0.2, 0.25) is 5.76 Å². The molecule has 4 nitrogen and oxygen atoms in total. The van der Waals surface area contributed by atoms with E-state index in [4.69, 9.17) is 4.42 Å². The Balaban J connectivity index is 1.73. The summed E-state index contributed by atoms with van der Waals surface area (Å²) in [4.78, 5) is 11.2. The standard InChI is InChI=1S/C23H25NO3/c1-15(24-19-11-9-18(10-12-19)23(2,3)4)16-5-7-17(8-6-16)20-13-14-27-21(20)22(25)26/h5-15,24H,1-4H3,(H,25,26). The zero-order valence-electron chi connectivity index (χ0n) is 16.1. The lowest BCUT2D eigenvalue weighted by atomic mass is 9.87. The van der Waals surface area contributed by atoms with Crippen molar-refractivity contribution >= 4 is 11.7 Å². The monoisotopic (exact) mass is 363 g/mol. The van der Waals surface area contributed by atoms with Crippen molar-refractivity contribution in [2.24, 2.45) is 0 Å². The first-order chi connectivity index (χ1) is 12.8. The zero-order chi connectivity index (χ0) is 19.6. The molecule has 27 heavy (non-hydrogen) atoms. The van der Waals surface area contributed by atoms with Gasteiger partial charge in [-0.3, -0.25) is 0 Å². The van der Waals surface area contributed by atoms with E-state index in [1.54, 1.807) is 6.07 Å². The number of rotatable bonds is 5. The summed E-state index contributed by atoms with van der Waals surface area (Å²) < 4.78 is 5.06. The Kier molecular flexibility index (Phi) is 5.08. The van der Waals surface area contributed by atoms with Crippen LogP contribution in [0.2, 0.25) is 0 Å². The van der Waals surface area contributed by atoms with Crippen LogP contribution in [0.3, 0.4) is 0 Å². The molecular formula is C23H25NO3. The van der Waals surface area contributed by atoms with E-state index in [0.29, 0.717) is 5.56 Å². The van der Waals surface area contributed by atoms with E-state index >= 15 is 0 Å². The molecule has 0 aliphatic rings. The van der Waals surface area contributed by atoms with Gasteiger partial charge in [-0.05, 0) is 47.2 Å². The minimum Gasteiger partial charge on any atom is -0.475 e. The van der Waals surface area contributed by atoms with Crippen LogP contribution >= 0.6 is 0 Å². The highest BCUT2D eigenvalue weighted by Crippen LogP contribution is 2.28. The molecule has 1 aromatic heterocycles. The Hall–Kier alpha value is -3.01. The lowest BCUT2D eigenvalue weighted by molar-refractivity contribution is 0.0663. The molecule has 0 bridgehead atoms. The highest BCUT2D eigenvalue weighted by Gasteiger charge is 2.16. The fraction of sp³-hybridized carbons (Fsp3) is 0.261. The molecule has 1 atom stereocenters. The zero-order valence-corrected chi connectivity index (χ0v) is 16.1. The first kappa shape index (κ1) is 18.8. The predicted octanol–water partition coefficient (Wildman–Crippen LogP) is 6.12. The van der Waals surface area contributed by atoms with Crippen LogP contribution in [0.1, 0.15) is 55.4 Å². The number of furan rings is 1. The van der Waals surface area contributed by atoms with Gasteiger partial charge in [-0.1, -0.05) is 57.2 Å². The van der Waals surface area contributed by atoms with Crippen molar-refractivity contribution in [2.75, 3.05) is 5.32 Å². The average molecular weight is 363 g/mol. The van der Waals surface area contributed by atoms with Crippen LogP contribution < -0.4 is 5.32 Å². The number of hydrogen-bond acceptors (Lipinski definition) is 3. The summed E-state index contributed by atoms with van der Waals surface area (Å²) in [5, 5.41) is 12.7. The first-order valence-corrected chi connectivity index (χ1v) is 9.04. The second kappa shape index (κ2) is 7.31. The first-order valence-electron chi connectivity index (χ1n) is 9.04. The van der Waals surface area contributed by atoms with Gasteiger partial charge < -0.3 is 14.8 Å². The highest BCUT2D eigenvalue weighted by molar-refractivity contribution is 5.93. The maximum Gasteiger partial charge on any atom is 0.372 e. The van der Waals surface area contributed by atoms with E-state index < -0.39 is 5.97 Å². The summed E-state index contributed by atoms with van der Waals surface area (Å²) in [7, 11) is 0. The van der Waals surface area contributed by atoms with E-state index in [2.05, 4.69) is 57.3 Å². The quantitative estimate of drug-likeness (QED) is 0.573. The molecule has 3 aromatic rings. The largest absolute Gasteiger partial charge is 0.475 e. The molecule has 0 spiro atoms. The van der Waals surface area contributed by atoms with Crippen LogP contribution in [-0.2, 0) is 5.41 Å². The maximum atomic E-state index is 11.2. The molecule has 0 fully saturated rings. The molecule has 0 saturated heterocycles. The maximum absolute atomic E-state index is 11.2. The Bertz CT molecular complexity index is 916. The average Bonchev–Trinajstić information content (AvgIpc) is 3.11. The molecule has 0 aliphatic heterocycles. The van der Waals surface area contributed by atoms with Crippen molar-refractivity contribution < 1.29 is 14.3 Å². The number of carbonyl (C=O) groups is 1. The molecular weight excluding hydrogens is 338 g/mol. The van der Waals surface area contributed by atoms with Crippen LogP contribution in [-0.4, -0.2) is 11.1 Å². The fourth-order valence-corrected chi connectivity index (χ4v) is 3.05. The third kappa shape index (κ3) is 4.22. The van der Waals surface area contributed by atoms with Crippen molar-refractivity contribution in [3.8, 4) is 11.1 Å². The third-order valence-electron chi connectivity index (χ3n) is 4.72. The molecule has 1 heterocycles. The van der Waals surface area contributed by atoms with E-state index in [1.807, 2.05) is 24.3 Å². The number of anilines is 1. The molecule has 2 N–H and O–H groups in total. The molecule has 0 saturated carbocycles. The van der Waals surface area contributed by atoms with Gasteiger partial charge >= 0.3 is 5.97 Å². The number of benzene rings is 2. The SMILES string of the molecule is CC(Nc1ccc(C(C)(C)C)cc1)c1ccc(-c2ccoc2C(=O)O)cc1. The lowest BCUT2D eigenvalue weighted by Gasteiger charge is -2.21. The van der Waals surface area contributed by atoms with E-state index in [9.17, 15) is 9.90 Å². The second-order valence-corrected chi connectivity index (χ2v) is 7.78. The third-order valence-corrected chi connectivity index (χ3v) is 4.72. The smallest absolute Gasteiger partial charge is 0.372 e. The van der Waals surface area contributed by atoms with E-state index in [0.717, 1.165) is 16.8 Å². The summed E-state index contributed by atoms with van der Waals surface area (Å²) in [5.74, 6) is -1.10. The van der Waals surface area contributed by atoms with Crippen molar-refractivity contribution in [3.63, 3.8) is 0 Å². The minimum atomic E-state index is -1.06. The molecule has 0 radical (unpaired) electrons. The van der Waals surface area contributed by atoms with Crippen molar-refractivity contribution in [3.05, 3.63) is 77.7 Å². The highest BCUT2D eigenvalue weighted by atomic mass is 16.4. The predicted molar refractivity (Wildman–Crippen MR) is 108 cm³/mol. The molecule has 2 aromatic carbocycles.